The number of aromatic nitrogens is 2. The molecule has 5 heteroatoms. The molecular weight excluding hydrogens is 230 g/mol. The number of nitrogens with zero attached hydrogens (tertiary/aromatic N) is 2. The van der Waals surface area contributed by atoms with Gasteiger partial charge in [0.05, 0.1) is 15.6 Å². The summed E-state index contributed by atoms with van der Waals surface area (Å²) in [7, 11) is 0. The van der Waals surface area contributed by atoms with Gasteiger partial charge >= 0.3 is 0 Å². The van der Waals surface area contributed by atoms with E-state index in [4.69, 9.17) is 11.6 Å². The number of rotatable bonds is 3. The molecule has 15 heavy (non-hydrogen) atoms. The van der Waals surface area contributed by atoms with E-state index in [1.165, 1.54) is 0 Å². The molecule has 0 atom stereocenters. The van der Waals surface area contributed by atoms with Crippen LogP contribution in [0.2, 0.25) is 5.02 Å². The van der Waals surface area contributed by atoms with Gasteiger partial charge in [-0.2, -0.15) is 0 Å². The standard InChI is InChI=1S/C10H10ClN3S/c1-2-12-9-5-8(13-6-14-9)10-7(11)3-4-15-10/h3-6H,2H2,1H3,(H,12,13,14). The molecule has 0 spiro atoms. The summed E-state index contributed by atoms with van der Waals surface area (Å²) in [6.07, 6.45) is 1.55. The molecule has 2 aromatic heterocycles. The number of thiophene rings is 1. The zero-order chi connectivity index (χ0) is 10.7. The molecule has 0 aliphatic rings. The number of hydrogen-bond acceptors (Lipinski definition) is 4. The minimum Gasteiger partial charge on any atom is -0.370 e. The third kappa shape index (κ3) is 2.27. The second kappa shape index (κ2) is 4.59. The van der Waals surface area contributed by atoms with Gasteiger partial charge in [-0.1, -0.05) is 11.6 Å². The highest BCUT2D eigenvalue weighted by Crippen LogP contribution is 2.32. The predicted molar refractivity (Wildman–Crippen MR) is 64.5 cm³/mol. The van der Waals surface area contributed by atoms with Crippen LogP contribution in [-0.4, -0.2) is 16.5 Å². The predicted octanol–water partition coefficient (Wildman–Crippen LogP) is 3.29. The first kappa shape index (κ1) is 10.4. The Balaban J connectivity index is 2.37. The lowest BCUT2D eigenvalue weighted by atomic mass is 10.3. The van der Waals surface area contributed by atoms with Crippen molar-refractivity contribution in [2.45, 2.75) is 6.92 Å². The van der Waals surface area contributed by atoms with Gasteiger partial charge in [-0.05, 0) is 18.4 Å². The molecular formula is C10H10ClN3S. The van der Waals surface area contributed by atoms with E-state index >= 15 is 0 Å². The number of hydrogen-bond donors (Lipinski definition) is 1. The maximum absolute atomic E-state index is 6.03. The monoisotopic (exact) mass is 239 g/mol. The van der Waals surface area contributed by atoms with Crippen molar-refractivity contribution in [3.8, 4) is 10.6 Å². The van der Waals surface area contributed by atoms with Crippen LogP contribution in [-0.2, 0) is 0 Å². The van der Waals surface area contributed by atoms with Crippen LogP contribution in [0, 0.1) is 0 Å². The van der Waals surface area contributed by atoms with Gasteiger partial charge in [-0.3, -0.25) is 0 Å². The molecule has 0 aromatic carbocycles. The summed E-state index contributed by atoms with van der Waals surface area (Å²) >= 11 is 7.61. The molecule has 0 saturated carbocycles. The molecule has 0 saturated heterocycles. The van der Waals surface area contributed by atoms with Gasteiger partial charge < -0.3 is 5.32 Å². The van der Waals surface area contributed by atoms with E-state index in [0.29, 0.717) is 0 Å². The van der Waals surface area contributed by atoms with Crippen molar-refractivity contribution in [3.05, 3.63) is 28.9 Å². The lowest BCUT2D eigenvalue weighted by Crippen LogP contribution is -1.99. The summed E-state index contributed by atoms with van der Waals surface area (Å²) in [6.45, 7) is 2.87. The fraction of sp³-hybridized carbons (Fsp3) is 0.200. The smallest absolute Gasteiger partial charge is 0.129 e. The molecule has 0 aliphatic heterocycles. The molecule has 78 valence electrons. The minimum absolute atomic E-state index is 0.737. The van der Waals surface area contributed by atoms with Crippen LogP contribution in [0.3, 0.4) is 0 Å². The van der Waals surface area contributed by atoms with Crippen LogP contribution in [0.4, 0.5) is 5.82 Å². The summed E-state index contributed by atoms with van der Waals surface area (Å²) in [5, 5.41) is 5.83. The first-order chi connectivity index (χ1) is 7.31. The molecule has 2 aromatic rings. The van der Waals surface area contributed by atoms with Crippen molar-refractivity contribution in [1.29, 1.82) is 0 Å². The first-order valence-corrected chi connectivity index (χ1v) is 5.86. The fourth-order valence-electron chi connectivity index (χ4n) is 1.24. The van der Waals surface area contributed by atoms with E-state index in [2.05, 4.69) is 15.3 Å². The van der Waals surface area contributed by atoms with Crippen molar-refractivity contribution >= 4 is 28.8 Å². The second-order valence-electron chi connectivity index (χ2n) is 2.92. The van der Waals surface area contributed by atoms with Gasteiger partial charge in [0, 0.05) is 12.6 Å². The molecule has 1 N–H and O–H groups in total. The lowest BCUT2D eigenvalue weighted by molar-refractivity contribution is 1.12. The van der Waals surface area contributed by atoms with Crippen LogP contribution < -0.4 is 5.32 Å². The Hall–Kier alpha value is -1.13. The summed E-state index contributed by atoms with van der Waals surface area (Å²) < 4.78 is 0. The number of nitrogens with one attached hydrogen (secondary N) is 1. The third-order valence-corrected chi connectivity index (χ3v) is 3.24. The van der Waals surface area contributed by atoms with Gasteiger partial charge in [0.25, 0.3) is 0 Å². The van der Waals surface area contributed by atoms with E-state index in [1.807, 2.05) is 24.4 Å². The zero-order valence-corrected chi connectivity index (χ0v) is 9.77. The maximum atomic E-state index is 6.03. The van der Waals surface area contributed by atoms with E-state index in [-0.39, 0.29) is 0 Å². The van der Waals surface area contributed by atoms with Crippen molar-refractivity contribution in [2.75, 3.05) is 11.9 Å². The Morgan fingerprint density at radius 2 is 2.33 bits per heavy atom. The fourth-order valence-corrected chi connectivity index (χ4v) is 2.36. The highest BCUT2D eigenvalue weighted by molar-refractivity contribution is 7.14. The maximum Gasteiger partial charge on any atom is 0.129 e. The van der Waals surface area contributed by atoms with E-state index in [0.717, 1.165) is 28.0 Å². The van der Waals surface area contributed by atoms with Crippen LogP contribution >= 0.6 is 22.9 Å². The van der Waals surface area contributed by atoms with Gasteiger partial charge in [0.1, 0.15) is 12.1 Å². The minimum atomic E-state index is 0.737. The molecule has 0 radical (unpaired) electrons. The van der Waals surface area contributed by atoms with Crippen LogP contribution in [0.15, 0.2) is 23.8 Å². The summed E-state index contributed by atoms with van der Waals surface area (Å²) in [5.41, 5.74) is 0.862. The van der Waals surface area contributed by atoms with E-state index in [9.17, 15) is 0 Å². The zero-order valence-electron chi connectivity index (χ0n) is 8.20. The average molecular weight is 240 g/mol. The summed E-state index contributed by atoms with van der Waals surface area (Å²) in [6, 6.07) is 3.78. The van der Waals surface area contributed by atoms with Crippen molar-refractivity contribution in [3.63, 3.8) is 0 Å². The quantitative estimate of drug-likeness (QED) is 0.893. The molecule has 2 rings (SSSR count). The number of anilines is 1. The van der Waals surface area contributed by atoms with Crippen LogP contribution in [0.5, 0.6) is 0 Å². The third-order valence-electron chi connectivity index (χ3n) is 1.87. The highest BCUT2D eigenvalue weighted by atomic mass is 35.5. The van der Waals surface area contributed by atoms with Gasteiger partial charge in [0.2, 0.25) is 0 Å². The van der Waals surface area contributed by atoms with Crippen LogP contribution in [0.25, 0.3) is 10.6 Å². The van der Waals surface area contributed by atoms with E-state index in [1.54, 1.807) is 17.7 Å². The SMILES string of the molecule is CCNc1cc(-c2sccc2Cl)ncn1. The number of halogens is 1. The summed E-state index contributed by atoms with van der Waals surface area (Å²) in [5.74, 6) is 0.826. The van der Waals surface area contributed by atoms with Crippen molar-refractivity contribution < 1.29 is 0 Å². The first-order valence-electron chi connectivity index (χ1n) is 4.60. The average Bonchev–Trinajstić information content (AvgIpc) is 2.65. The molecule has 0 amide bonds. The molecule has 0 aliphatic carbocycles. The molecule has 2 heterocycles. The summed E-state index contributed by atoms with van der Waals surface area (Å²) in [4.78, 5) is 9.29. The Bertz CT molecular complexity index is 455. The van der Waals surface area contributed by atoms with Gasteiger partial charge in [0.15, 0.2) is 0 Å². The Kier molecular flexibility index (Phi) is 3.18. The Morgan fingerprint density at radius 1 is 1.47 bits per heavy atom. The van der Waals surface area contributed by atoms with Gasteiger partial charge in [-0.15, -0.1) is 11.3 Å². The topological polar surface area (TPSA) is 37.8 Å². The van der Waals surface area contributed by atoms with Crippen LogP contribution in [0.1, 0.15) is 6.92 Å². The van der Waals surface area contributed by atoms with Crippen molar-refractivity contribution in [1.82, 2.24) is 9.97 Å². The normalized spacial score (nSPS) is 10.3. The highest BCUT2D eigenvalue weighted by Gasteiger charge is 2.07. The molecule has 0 bridgehead atoms. The largest absolute Gasteiger partial charge is 0.370 e. The molecule has 0 unspecified atom stereocenters. The van der Waals surface area contributed by atoms with Crippen molar-refractivity contribution in [2.24, 2.45) is 0 Å². The Morgan fingerprint density at radius 3 is 3.00 bits per heavy atom. The van der Waals surface area contributed by atoms with E-state index < -0.39 is 0 Å². The lowest BCUT2D eigenvalue weighted by Gasteiger charge is -2.03. The molecule has 0 fully saturated rings. The Labute approximate surface area is 97.2 Å². The molecule has 3 nitrogen and oxygen atoms in total. The second-order valence-corrected chi connectivity index (χ2v) is 4.24. The van der Waals surface area contributed by atoms with Gasteiger partial charge in [-0.25, -0.2) is 9.97 Å².